The van der Waals surface area contributed by atoms with Gasteiger partial charge in [-0.15, -0.1) is 0 Å². The van der Waals surface area contributed by atoms with Crippen molar-refractivity contribution in [3.05, 3.63) is 17.5 Å². The van der Waals surface area contributed by atoms with Crippen molar-refractivity contribution in [2.45, 2.75) is 12.8 Å². The Morgan fingerprint density at radius 2 is 2.14 bits per heavy atom. The summed E-state index contributed by atoms with van der Waals surface area (Å²) in [6.07, 6.45) is -2.50. The van der Waals surface area contributed by atoms with E-state index >= 15 is 0 Å². The Kier molecular flexibility index (Phi) is 2.82. The molecule has 0 fully saturated rings. The van der Waals surface area contributed by atoms with Gasteiger partial charge in [-0.25, -0.2) is 13.8 Å². The van der Waals surface area contributed by atoms with Crippen molar-refractivity contribution in [1.29, 1.82) is 5.26 Å². The Morgan fingerprint density at radius 3 is 2.64 bits per heavy atom. The Balaban J connectivity index is 3.27. The monoisotopic (exact) mass is 200 g/mol. The van der Waals surface area contributed by atoms with Crippen LogP contribution in [-0.4, -0.2) is 15.2 Å². The van der Waals surface area contributed by atoms with Crippen molar-refractivity contribution in [3.8, 4) is 17.6 Å². The first-order valence-corrected chi connectivity index (χ1v) is 3.62. The quantitative estimate of drug-likeness (QED) is 0.758. The number of aromatic hydroxyl groups is 2. The van der Waals surface area contributed by atoms with Gasteiger partial charge in [0.2, 0.25) is 0 Å². The number of alkyl halides is 2. The molecule has 2 N–H and O–H groups in total. The molecule has 1 heterocycles. The van der Waals surface area contributed by atoms with Crippen molar-refractivity contribution in [3.63, 3.8) is 0 Å². The zero-order valence-corrected chi connectivity index (χ0v) is 6.91. The van der Waals surface area contributed by atoms with E-state index in [4.69, 9.17) is 10.4 Å². The maximum atomic E-state index is 12.2. The van der Waals surface area contributed by atoms with Crippen LogP contribution in [0.4, 0.5) is 8.78 Å². The first-order valence-electron chi connectivity index (χ1n) is 3.62. The van der Waals surface area contributed by atoms with Gasteiger partial charge in [0.15, 0.2) is 5.75 Å². The summed E-state index contributed by atoms with van der Waals surface area (Å²) in [4.78, 5) is 3.16. The first-order chi connectivity index (χ1) is 6.57. The molecular formula is C8H6F2N2O2. The summed E-state index contributed by atoms with van der Waals surface area (Å²) in [5.74, 6) is -1.28. The van der Waals surface area contributed by atoms with Gasteiger partial charge in [0.25, 0.3) is 6.43 Å². The molecule has 4 nitrogen and oxygen atoms in total. The second-order valence-corrected chi connectivity index (χ2v) is 2.49. The van der Waals surface area contributed by atoms with Gasteiger partial charge in [0.05, 0.1) is 24.3 Å². The molecule has 0 unspecified atom stereocenters. The molecule has 0 aromatic carbocycles. The number of nitriles is 1. The molecule has 0 radical (unpaired) electrons. The summed E-state index contributed by atoms with van der Waals surface area (Å²) in [5, 5.41) is 26.6. The van der Waals surface area contributed by atoms with Gasteiger partial charge in [0, 0.05) is 0 Å². The van der Waals surface area contributed by atoms with Gasteiger partial charge < -0.3 is 10.2 Å². The van der Waals surface area contributed by atoms with Crippen LogP contribution < -0.4 is 0 Å². The van der Waals surface area contributed by atoms with Crippen LogP contribution >= 0.6 is 0 Å². The maximum Gasteiger partial charge on any atom is 0.284 e. The molecule has 0 atom stereocenters. The predicted octanol–water partition coefficient (Wildman–Crippen LogP) is 1.50. The highest BCUT2D eigenvalue weighted by atomic mass is 19.3. The third-order valence-electron chi connectivity index (χ3n) is 1.63. The van der Waals surface area contributed by atoms with Crippen LogP contribution in [0.25, 0.3) is 0 Å². The summed E-state index contributed by atoms with van der Waals surface area (Å²) in [6.45, 7) is 0. The van der Waals surface area contributed by atoms with E-state index in [1.54, 1.807) is 6.07 Å². The zero-order valence-electron chi connectivity index (χ0n) is 6.91. The summed E-state index contributed by atoms with van der Waals surface area (Å²) in [7, 11) is 0. The molecule has 6 heteroatoms. The standard InChI is InChI=1S/C8H6F2N2O2/c9-8(10)6-7(14)4(1-2-11)5(13)3-12-6/h3,8,13-14H,1H2. The van der Waals surface area contributed by atoms with Gasteiger partial charge in [-0.1, -0.05) is 0 Å². The first kappa shape index (κ1) is 10.2. The minimum Gasteiger partial charge on any atom is -0.506 e. The number of halogens is 2. The largest absolute Gasteiger partial charge is 0.506 e. The molecule has 14 heavy (non-hydrogen) atoms. The van der Waals surface area contributed by atoms with E-state index < -0.39 is 23.6 Å². The van der Waals surface area contributed by atoms with Crippen molar-refractivity contribution in [2.75, 3.05) is 0 Å². The van der Waals surface area contributed by atoms with E-state index in [1.807, 2.05) is 0 Å². The Morgan fingerprint density at radius 1 is 1.50 bits per heavy atom. The number of hydrogen-bond acceptors (Lipinski definition) is 4. The van der Waals surface area contributed by atoms with Gasteiger partial charge in [0.1, 0.15) is 11.4 Å². The van der Waals surface area contributed by atoms with Crippen LogP contribution in [0.2, 0.25) is 0 Å². The van der Waals surface area contributed by atoms with E-state index in [2.05, 4.69) is 4.98 Å². The summed E-state index contributed by atoms with van der Waals surface area (Å²) < 4.78 is 24.4. The number of pyridine rings is 1. The summed E-state index contributed by atoms with van der Waals surface area (Å²) in [6, 6.07) is 1.64. The molecule has 74 valence electrons. The molecule has 0 spiro atoms. The SMILES string of the molecule is N#CCc1c(O)cnc(C(F)F)c1O. The minimum absolute atomic E-state index is 0.224. The van der Waals surface area contributed by atoms with Crippen molar-refractivity contribution in [2.24, 2.45) is 0 Å². The van der Waals surface area contributed by atoms with E-state index in [-0.39, 0.29) is 12.0 Å². The summed E-state index contributed by atoms with van der Waals surface area (Å²) >= 11 is 0. The molecule has 0 aliphatic carbocycles. The van der Waals surface area contributed by atoms with Gasteiger partial charge in [-0.3, -0.25) is 0 Å². The number of rotatable bonds is 2. The minimum atomic E-state index is -2.94. The fraction of sp³-hybridized carbons (Fsp3) is 0.250. The smallest absolute Gasteiger partial charge is 0.284 e. The molecule has 0 aliphatic rings. The molecule has 0 saturated heterocycles. The average molecular weight is 200 g/mol. The molecule has 0 amide bonds. The van der Waals surface area contributed by atoms with E-state index in [1.165, 1.54) is 0 Å². The molecule has 1 aromatic heterocycles. The number of nitrogens with zero attached hydrogens (tertiary/aromatic N) is 2. The van der Waals surface area contributed by atoms with Crippen molar-refractivity contribution < 1.29 is 19.0 Å². The fourth-order valence-corrected chi connectivity index (χ4v) is 0.959. The predicted molar refractivity (Wildman–Crippen MR) is 41.8 cm³/mol. The molecule has 1 aromatic rings. The Hall–Kier alpha value is -1.90. The normalized spacial score (nSPS) is 10.1. The molecule has 0 saturated carbocycles. The van der Waals surface area contributed by atoms with Gasteiger partial charge >= 0.3 is 0 Å². The van der Waals surface area contributed by atoms with Gasteiger partial charge in [-0.05, 0) is 0 Å². The second-order valence-electron chi connectivity index (χ2n) is 2.49. The molecule has 0 aliphatic heterocycles. The summed E-state index contributed by atoms with van der Waals surface area (Å²) in [5.41, 5.74) is -1.05. The Labute approximate surface area is 78.1 Å². The van der Waals surface area contributed by atoms with Gasteiger partial charge in [-0.2, -0.15) is 5.26 Å². The topological polar surface area (TPSA) is 77.1 Å². The molecular weight excluding hydrogens is 194 g/mol. The Bertz CT molecular complexity index is 388. The lowest BCUT2D eigenvalue weighted by atomic mass is 10.1. The van der Waals surface area contributed by atoms with Crippen molar-refractivity contribution in [1.82, 2.24) is 4.98 Å². The van der Waals surface area contributed by atoms with Crippen LogP contribution in [-0.2, 0) is 6.42 Å². The van der Waals surface area contributed by atoms with Crippen LogP contribution in [0.3, 0.4) is 0 Å². The molecule has 1 rings (SSSR count). The highest BCUT2D eigenvalue weighted by molar-refractivity contribution is 5.46. The van der Waals surface area contributed by atoms with Crippen LogP contribution in [0, 0.1) is 11.3 Å². The molecule has 0 bridgehead atoms. The van der Waals surface area contributed by atoms with Crippen molar-refractivity contribution >= 4 is 0 Å². The third kappa shape index (κ3) is 1.71. The highest BCUT2D eigenvalue weighted by Gasteiger charge is 2.19. The number of aromatic nitrogens is 1. The van der Waals surface area contributed by atoms with E-state index in [0.717, 1.165) is 6.20 Å². The number of hydrogen-bond donors (Lipinski definition) is 2. The van der Waals surface area contributed by atoms with Crippen LogP contribution in [0.5, 0.6) is 11.5 Å². The lowest BCUT2D eigenvalue weighted by molar-refractivity contribution is 0.141. The second kappa shape index (κ2) is 3.87. The van der Waals surface area contributed by atoms with E-state index in [9.17, 15) is 13.9 Å². The third-order valence-corrected chi connectivity index (χ3v) is 1.63. The van der Waals surface area contributed by atoms with E-state index in [0.29, 0.717) is 0 Å². The lowest BCUT2D eigenvalue weighted by Crippen LogP contribution is -1.95. The highest BCUT2D eigenvalue weighted by Crippen LogP contribution is 2.33. The zero-order chi connectivity index (χ0) is 10.7. The maximum absolute atomic E-state index is 12.2. The fourth-order valence-electron chi connectivity index (χ4n) is 0.959. The van der Waals surface area contributed by atoms with Crippen LogP contribution in [0.15, 0.2) is 6.20 Å². The van der Waals surface area contributed by atoms with Crippen LogP contribution in [0.1, 0.15) is 17.7 Å². The lowest BCUT2D eigenvalue weighted by Gasteiger charge is -2.07. The average Bonchev–Trinajstić information content (AvgIpc) is 2.11.